The van der Waals surface area contributed by atoms with Gasteiger partial charge in [-0.3, -0.25) is 4.79 Å². The molecule has 0 saturated heterocycles. The van der Waals surface area contributed by atoms with Crippen molar-refractivity contribution in [3.05, 3.63) is 48.0 Å². The fourth-order valence-corrected chi connectivity index (χ4v) is 3.88. The summed E-state index contributed by atoms with van der Waals surface area (Å²) in [6.07, 6.45) is 4.14. The molecule has 4 rings (SSSR count). The summed E-state index contributed by atoms with van der Waals surface area (Å²) in [6.45, 7) is 0.254. The lowest BCUT2D eigenvalue weighted by Gasteiger charge is -2.30. The quantitative estimate of drug-likeness (QED) is 0.727. The van der Waals surface area contributed by atoms with Crippen molar-refractivity contribution in [2.75, 3.05) is 13.9 Å². The van der Waals surface area contributed by atoms with Crippen LogP contribution in [0, 0.1) is 0 Å². The van der Waals surface area contributed by atoms with Gasteiger partial charge in [-0.15, -0.1) is 0 Å². The molecule has 0 radical (unpaired) electrons. The van der Waals surface area contributed by atoms with Crippen molar-refractivity contribution in [2.24, 2.45) is 5.73 Å². The smallest absolute Gasteiger partial charge is 0.237 e. The molecule has 2 aromatic carbocycles. The van der Waals surface area contributed by atoms with Crippen molar-refractivity contribution in [3.8, 4) is 23.0 Å². The highest BCUT2D eigenvalue weighted by Gasteiger charge is 2.26. The molecule has 1 aliphatic carbocycles. The number of rotatable bonds is 7. The molecule has 0 bridgehead atoms. The molecule has 0 aromatic heterocycles. The van der Waals surface area contributed by atoms with Crippen LogP contribution in [0.3, 0.4) is 0 Å². The van der Waals surface area contributed by atoms with Gasteiger partial charge in [0.1, 0.15) is 11.5 Å². The molecule has 30 heavy (non-hydrogen) atoms. The predicted molar refractivity (Wildman–Crippen MR) is 112 cm³/mol. The lowest BCUT2D eigenvalue weighted by molar-refractivity contribution is -0.123. The van der Waals surface area contributed by atoms with E-state index in [9.17, 15) is 4.79 Å². The first-order valence-corrected chi connectivity index (χ1v) is 10.4. The normalized spacial score (nSPS) is 21.0. The molecule has 0 unspecified atom stereocenters. The standard InChI is InChI=1S/C23H28N2O5/c1-27-17-6-2-15(3-7-17)12-20(24)23(26)25-16-4-8-18(9-5-16)30-19-10-11-21-22(13-19)29-14-28-21/h2-3,6-7,10-11,13,16,18,20H,4-5,8-9,12,14,24H2,1H3,(H,25,26)/t16?,18?,20-/m0/s1. The van der Waals surface area contributed by atoms with Gasteiger partial charge >= 0.3 is 0 Å². The summed E-state index contributed by atoms with van der Waals surface area (Å²) >= 11 is 0. The zero-order chi connectivity index (χ0) is 20.9. The van der Waals surface area contributed by atoms with Crippen molar-refractivity contribution in [2.45, 2.75) is 50.3 Å². The van der Waals surface area contributed by atoms with Crippen LogP contribution in [0.15, 0.2) is 42.5 Å². The number of ether oxygens (including phenoxy) is 4. The third-order valence-electron chi connectivity index (χ3n) is 5.62. The number of hydrogen-bond donors (Lipinski definition) is 2. The summed E-state index contributed by atoms with van der Waals surface area (Å²) in [4.78, 5) is 12.5. The number of carbonyl (C=O) groups excluding carboxylic acids is 1. The van der Waals surface area contributed by atoms with Crippen molar-refractivity contribution in [1.29, 1.82) is 0 Å². The Morgan fingerprint density at radius 1 is 1.07 bits per heavy atom. The highest BCUT2D eigenvalue weighted by atomic mass is 16.7. The van der Waals surface area contributed by atoms with E-state index in [1.54, 1.807) is 7.11 Å². The Bertz CT molecular complexity index is 862. The molecule has 160 valence electrons. The van der Waals surface area contributed by atoms with Crippen LogP contribution in [0.2, 0.25) is 0 Å². The summed E-state index contributed by atoms with van der Waals surface area (Å²) in [5.41, 5.74) is 7.13. The largest absolute Gasteiger partial charge is 0.497 e. The first kappa shape index (κ1) is 20.3. The summed E-state index contributed by atoms with van der Waals surface area (Å²) in [5.74, 6) is 2.94. The lowest BCUT2D eigenvalue weighted by Crippen LogP contribution is -2.48. The maximum atomic E-state index is 12.5. The maximum absolute atomic E-state index is 12.5. The van der Waals surface area contributed by atoms with Gasteiger partial charge in [0.2, 0.25) is 12.7 Å². The van der Waals surface area contributed by atoms with Crippen LogP contribution in [0.4, 0.5) is 0 Å². The van der Waals surface area contributed by atoms with E-state index in [2.05, 4.69) is 5.32 Å². The number of methoxy groups -OCH3 is 1. The zero-order valence-corrected chi connectivity index (χ0v) is 17.1. The molecule has 1 fully saturated rings. The average Bonchev–Trinajstić information content (AvgIpc) is 3.23. The molecule has 3 N–H and O–H groups in total. The average molecular weight is 412 g/mol. The Morgan fingerprint density at radius 2 is 1.77 bits per heavy atom. The number of benzene rings is 2. The summed E-state index contributed by atoms with van der Waals surface area (Å²) in [6, 6.07) is 12.8. The molecule has 7 nitrogen and oxygen atoms in total. The van der Waals surface area contributed by atoms with E-state index in [1.165, 1.54) is 0 Å². The van der Waals surface area contributed by atoms with Crippen molar-refractivity contribution >= 4 is 5.91 Å². The second kappa shape index (κ2) is 9.26. The van der Waals surface area contributed by atoms with E-state index in [1.807, 2.05) is 42.5 Å². The van der Waals surface area contributed by atoms with Gasteiger partial charge in [0, 0.05) is 12.1 Å². The van der Waals surface area contributed by atoms with Crippen LogP contribution < -0.4 is 30.0 Å². The van der Waals surface area contributed by atoms with Gasteiger partial charge in [-0.2, -0.15) is 0 Å². The molecule has 1 amide bonds. The van der Waals surface area contributed by atoms with Crippen molar-refractivity contribution in [1.82, 2.24) is 5.32 Å². The minimum absolute atomic E-state index is 0.106. The van der Waals surface area contributed by atoms with Gasteiger partial charge in [0.25, 0.3) is 0 Å². The van der Waals surface area contributed by atoms with Crippen LogP contribution >= 0.6 is 0 Å². The highest BCUT2D eigenvalue weighted by Crippen LogP contribution is 2.36. The highest BCUT2D eigenvalue weighted by molar-refractivity contribution is 5.82. The van der Waals surface area contributed by atoms with E-state index >= 15 is 0 Å². The topological polar surface area (TPSA) is 92.0 Å². The Morgan fingerprint density at radius 3 is 2.50 bits per heavy atom. The minimum atomic E-state index is -0.569. The third kappa shape index (κ3) is 4.97. The van der Waals surface area contributed by atoms with Gasteiger partial charge < -0.3 is 30.0 Å². The van der Waals surface area contributed by atoms with Gasteiger partial charge in [0.15, 0.2) is 11.5 Å². The summed E-state index contributed by atoms with van der Waals surface area (Å²) in [7, 11) is 1.63. The zero-order valence-electron chi connectivity index (χ0n) is 17.1. The molecule has 7 heteroatoms. The minimum Gasteiger partial charge on any atom is -0.497 e. The molecule has 1 saturated carbocycles. The van der Waals surface area contributed by atoms with Crippen molar-refractivity contribution in [3.63, 3.8) is 0 Å². The van der Waals surface area contributed by atoms with Crippen LogP contribution in [0.5, 0.6) is 23.0 Å². The molecule has 2 aromatic rings. The number of nitrogens with two attached hydrogens (primary N) is 1. The molecular formula is C23H28N2O5. The number of hydrogen-bond acceptors (Lipinski definition) is 6. The van der Waals surface area contributed by atoms with Gasteiger partial charge in [-0.1, -0.05) is 12.1 Å². The Kier molecular flexibility index (Phi) is 6.28. The first-order chi connectivity index (χ1) is 14.6. The fourth-order valence-electron chi connectivity index (χ4n) is 3.88. The van der Waals surface area contributed by atoms with Crippen molar-refractivity contribution < 1.29 is 23.7 Å². The predicted octanol–water partition coefficient (Wildman–Crippen LogP) is 2.80. The number of nitrogens with one attached hydrogen (secondary N) is 1. The number of fused-ring (bicyclic) bond motifs is 1. The van der Waals surface area contributed by atoms with Gasteiger partial charge in [-0.05, 0) is 61.9 Å². The SMILES string of the molecule is COc1ccc(C[C@H](N)C(=O)NC2CCC(Oc3ccc4c(c3)OCO4)CC2)cc1. The monoisotopic (exact) mass is 412 g/mol. The molecule has 1 aliphatic heterocycles. The molecular weight excluding hydrogens is 384 g/mol. The van der Waals surface area contributed by atoms with E-state index in [-0.39, 0.29) is 24.8 Å². The van der Waals surface area contributed by atoms with E-state index in [0.717, 1.165) is 54.2 Å². The van der Waals surface area contributed by atoms with Gasteiger partial charge in [-0.25, -0.2) is 0 Å². The van der Waals surface area contributed by atoms with E-state index in [0.29, 0.717) is 6.42 Å². The van der Waals surface area contributed by atoms with E-state index < -0.39 is 6.04 Å². The third-order valence-corrected chi connectivity index (χ3v) is 5.62. The first-order valence-electron chi connectivity index (χ1n) is 10.4. The molecule has 1 heterocycles. The van der Waals surface area contributed by atoms with Crippen LogP contribution in [-0.4, -0.2) is 38.0 Å². The maximum Gasteiger partial charge on any atom is 0.237 e. The van der Waals surface area contributed by atoms with Crippen LogP contribution in [0.1, 0.15) is 31.2 Å². The summed E-state index contributed by atoms with van der Waals surface area (Å²) < 4.78 is 22.0. The number of carbonyl (C=O) groups is 1. The second-order valence-electron chi connectivity index (χ2n) is 7.77. The molecule has 0 spiro atoms. The fraction of sp³-hybridized carbons (Fsp3) is 0.435. The molecule has 2 aliphatic rings. The Labute approximate surface area is 176 Å². The van der Waals surface area contributed by atoms with Gasteiger partial charge in [0.05, 0.1) is 19.3 Å². The Balaban J connectivity index is 1.21. The Hall–Kier alpha value is -2.93. The lowest BCUT2D eigenvalue weighted by atomic mass is 9.92. The number of amides is 1. The van der Waals surface area contributed by atoms with Crippen LogP contribution in [-0.2, 0) is 11.2 Å². The summed E-state index contributed by atoms with van der Waals surface area (Å²) in [5, 5.41) is 3.10. The van der Waals surface area contributed by atoms with Crippen LogP contribution in [0.25, 0.3) is 0 Å². The molecule has 1 atom stereocenters. The second-order valence-corrected chi connectivity index (χ2v) is 7.77. The van der Waals surface area contributed by atoms with E-state index in [4.69, 9.17) is 24.7 Å².